The molecule has 424 valence electrons. The van der Waals surface area contributed by atoms with Gasteiger partial charge in [-0.05, 0) is 82.6 Å². The second-order valence-electron chi connectivity index (χ2n) is 19.6. The summed E-state index contributed by atoms with van der Waals surface area (Å²) in [6.07, 6.45) is 5.92. The number of aliphatic hydroxyl groups is 1. The number of nitrogens with two attached hydrogens (primary N) is 4. The lowest BCUT2D eigenvalue weighted by Crippen LogP contribution is -2.61. The van der Waals surface area contributed by atoms with E-state index in [4.69, 9.17) is 22.9 Å². The summed E-state index contributed by atoms with van der Waals surface area (Å²) in [5, 5.41) is 34.6. The molecule has 0 aliphatic carbocycles. The molecule has 25 heteroatoms. The Bertz CT molecular complexity index is 2130. The van der Waals surface area contributed by atoms with Gasteiger partial charge in [-0.3, -0.25) is 43.2 Å². The third-order valence-electron chi connectivity index (χ3n) is 12.7. The molecule has 0 spiro atoms. The van der Waals surface area contributed by atoms with Crippen LogP contribution in [0, 0.1) is 5.92 Å². The topological polar surface area (TPSA) is 415 Å². The predicted octanol–water partition coefficient (Wildman–Crippen LogP) is -2.85. The predicted molar refractivity (Wildman–Crippen MR) is 284 cm³/mol. The fourth-order valence-electron chi connectivity index (χ4n) is 8.52. The second-order valence-corrected chi connectivity index (χ2v) is 19.6. The maximum absolute atomic E-state index is 14.4. The molecule has 25 nitrogen and oxygen atoms in total. The van der Waals surface area contributed by atoms with Gasteiger partial charge in [0.25, 0.3) is 0 Å². The van der Waals surface area contributed by atoms with Crippen molar-refractivity contribution in [3.8, 4) is 0 Å². The quantitative estimate of drug-likeness (QED) is 0.0445. The number of carbonyl (C=O) groups is 9. The number of aliphatic hydroxyl groups excluding tert-OH is 1. The van der Waals surface area contributed by atoms with Gasteiger partial charge in [0, 0.05) is 31.3 Å². The summed E-state index contributed by atoms with van der Waals surface area (Å²) in [5.41, 5.74) is 24.7. The summed E-state index contributed by atoms with van der Waals surface area (Å²) in [4.78, 5) is 133. The molecule has 1 aliphatic heterocycles. The fraction of sp³-hybridized carbons (Fsp3) is 0.647. The average Bonchev–Trinajstić information content (AvgIpc) is 3.90. The molecule has 1 aliphatic rings. The van der Waals surface area contributed by atoms with Crippen molar-refractivity contribution < 1.29 is 48.3 Å². The Hall–Kier alpha value is -6.54. The van der Waals surface area contributed by atoms with E-state index in [0.29, 0.717) is 17.7 Å². The highest BCUT2D eigenvalue weighted by Crippen LogP contribution is 2.13. The van der Waals surface area contributed by atoms with Crippen molar-refractivity contribution in [2.24, 2.45) is 28.9 Å². The van der Waals surface area contributed by atoms with E-state index in [9.17, 15) is 48.3 Å². The number of rotatable bonds is 25. The first-order valence-electron chi connectivity index (χ1n) is 26.6. The Morgan fingerprint density at radius 1 is 0.658 bits per heavy atom. The molecule has 1 saturated heterocycles. The van der Waals surface area contributed by atoms with Crippen LogP contribution in [0.25, 0.3) is 0 Å². The first kappa shape index (κ1) is 63.8. The highest BCUT2D eigenvalue weighted by Gasteiger charge is 2.35. The number of carbonyl (C=O) groups excluding carboxylic acids is 9. The Balaban J connectivity index is 2.10. The van der Waals surface area contributed by atoms with Crippen LogP contribution in [0.2, 0.25) is 0 Å². The lowest BCUT2D eigenvalue weighted by atomic mass is 10.00. The summed E-state index contributed by atoms with van der Waals surface area (Å²) in [7, 11) is 0. The standard InChI is InChI=1S/C51H85N15O10/c1-4-5-6-7-11-14-34(67)28-43(68)59-35(15-20-52)45(70)63-39-19-24-57-44(69)42(27-33-29-56-30-58-33)66-48(73)38(18-23-55)60-46(71)36(16-21-53)62-50(75)40(25-31(2)3)64-51(76)41(26-32-12-9-8-10-13-32)65-47(72)37(17-22-54)61-49(39)74/h8-10,12-13,29-31,34-42,67H,4-7,11,14-28,52-55H2,1-3H3,(H,56,58)(H,57,69)(H,59,68)(H,60,71)(H,61,74)(H,62,75)(H,63,70)(H,64,76)(H,65,72)(H,66,73)/t34-,35-,36+,37+,38+,39+,40+,41-,42+/m1/s1. The maximum atomic E-state index is 14.4. The van der Waals surface area contributed by atoms with Crippen molar-refractivity contribution in [1.29, 1.82) is 0 Å². The van der Waals surface area contributed by atoms with E-state index in [-0.39, 0.29) is 96.4 Å². The molecule has 0 bridgehead atoms. The van der Waals surface area contributed by atoms with E-state index in [1.807, 2.05) is 13.8 Å². The normalized spacial score (nSPS) is 22.6. The number of benzene rings is 1. The van der Waals surface area contributed by atoms with Gasteiger partial charge in [0.2, 0.25) is 53.2 Å². The Kier molecular flexibility index (Phi) is 29.3. The van der Waals surface area contributed by atoms with Crippen molar-refractivity contribution in [3.05, 3.63) is 54.1 Å². The number of hydrogen-bond acceptors (Lipinski definition) is 15. The van der Waals surface area contributed by atoms with Crippen LogP contribution in [-0.2, 0) is 56.0 Å². The van der Waals surface area contributed by atoms with Gasteiger partial charge in [-0.25, -0.2) is 4.98 Å². The Morgan fingerprint density at radius 2 is 1.18 bits per heavy atom. The minimum atomic E-state index is -1.50. The lowest BCUT2D eigenvalue weighted by molar-refractivity contribution is -0.136. The van der Waals surface area contributed by atoms with Gasteiger partial charge < -0.3 is 80.9 Å². The van der Waals surface area contributed by atoms with Gasteiger partial charge in [-0.2, -0.15) is 0 Å². The number of amides is 9. The maximum Gasteiger partial charge on any atom is 0.243 e. The molecule has 19 N–H and O–H groups in total. The summed E-state index contributed by atoms with van der Waals surface area (Å²) in [5.74, 6) is -7.23. The van der Waals surface area contributed by atoms with Crippen LogP contribution in [-0.4, -0.2) is 155 Å². The first-order valence-corrected chi connectivity index (χ1v) is 26.6. The molecule has 76 heavy (non-hydrogen) atoms. The second kappa shape index (κ2) is 34.9. The number of hydrogen-bond donors (Lipinski definition) is 15. The molecule has 3 rings (SSSR count). The Labute approximate surface area is 445 Å². The number of imidazole rings is 1. The molecule has 1 fully saturated rings. The number of aromatic nitrogens is 2. The van der Waals surface area contributed by atoms with Crippen molar-refractivity contribution in [2.75, 3.05) is 32.7 Å². The highest BCUT2D eigenvalue weighted by atomic mass is 16.3. The van der Waals surface area contributed by atoms with Crippen LogP contribution in [0.5, 0.6) is 0 Å². The summed E-state index contributed by atoms with van der Waals surface area (Å²) in [6, 6.07) is -1.95. The van der Waals surface area contributed by atoms with Crippen molar-refractivity contribution >= 4 is 53.2 Å². The van der Waals surface area contributed by atoms with Gasteiger partial charge in [-0.15, -0.1) is 0 Å². The van der Waals surface area contributed by atoms with Crippen molar-refractivity contribution in [2.45, 2.75) is 172 Å². The molecular formula is C51H85N15O10. The number of nitrogens with one attached hydrogen (secondary N) is 10. The highest BCUT2D eigenvalue weighted by molar-refractivity contribution is 5.98. The van der Waals surface area contributed by atoms with Crippen LogP contribution in [0.1, 0.15) is 115 Å². The van der Waals surface area contributed by atoms with Gasteiger partial charge in [-0.1, -0.05) is 83.2 Å². The largest absolute Gasteiger partial charge is 0.393 e. The molecule has 1 aromatic heterocycles. The molecular weight excluding hydrogens is 983 g/mol. The number of H-pyrrole nitrogens is 1. The average molecular weight is 1070 g/mol. The van der Waals surface area contributed by atoms with Crippen LogP contribution >= 0.6 is 0 Å². The van der Waals surface area contributed by atoms with Crippen molar-refractivity contribution in [3.63, 3.8) is 0 Å². The molecule has 1 aromatic carbocycles. The van der Waals surface area contributed by atoms with Gasteiger partial charge >= 0.3 is 0 Å². The van der Waals surface area contributed by atoms with E-state index in [1.165, 1.54) is 12.5 Å². The van der Waals surface area contributed by atoms with Gasteiger partial charge in [0.15, 0.2) is 0 Å². The zero-order chi connectivity index (χ0) is 56.0. The number of unbranched alkanes of at least 4 members (excludes halogenated alkanes) is 4. The minimum absolute atomic E-state index is 0.0574. The smallest absolute Gasteiger partial charge is 0.243 e. The monoisotopic (exact) mass is 1070 g/mol. The zero-order valence-corrected chi connectivity index (χ0v) is 44.3. The van der Waals surface area contributed by atoms with Crippen LogP contribution in [0.4, 0.5) is 0 Å². The molecule has 0 saturated carbocycles. The SMILES string of the molecule is CCCCCCC[C@@H](O)CC(=O)N[C@H](CCN)C(=O)N[C@H]1CCNC(=O)[C@H](Cc2cnc[nH]2)NC(=O)[C@H](CCN)NC(=O)[C@H](CCN)NC(=O)[C@H](CC(C)C)NC(=O)[C@@H](Cc2ccccc2)NC(=O)[C@H](CCN)NC1=O. The van der Waals surface area contributed by atoms with Gasteiger partial charge in [0.1, 0.15) is 48.3 Å². The molecule has 2 heterocycles. The van der Waals surface area contributed by atoms with E-state index in [2.05, 4.69) is 64.7 Å². The summed E-state index contributed by atoms with van der Waals surface area (Å²) < 4.78 is 0. The number of nitrogens with zero attached hydrogens (tertiary/aromatic N) is 1. The third-order valence-corrected chi connectivity index (χ3v) is 12.7. The lowest BCUT2D eigenvalue weighted by Gasteiger charge is -2.28. The summed E-state index contributed by atoms with van der Waals surface area (Å²) in [6.45, 7) is 5.10. The fourth-order valence-corrected chi connectivity index (χ4v) is 8.52. The van der Waals surface area contributed by atoms with Crippen LogP contribution < -0.4 is 70.8 Å². The zero-order valence-electron chi connectivity index (χ0n) is 44.3. The summed E-state index contributed by atoms with van der Waals surface area (Å²) >= 11 is 0. The third kappa shape index (κ3) is 23.1. The van der Waals surface area contributed by atoms with Crippen LogP contribution in [0.15, 0.2) is 42.9 Å². The molecule has 9 amide bonds. The number of aromatic amines is 1. The van der Waals surface area contributed by atoms with E-state index >= 15 is 0 Å². The van der Waals surface area contributed by atoms with E-state index < -0.39 is 108 Å². The molecule has 9 atom stereocenters. The van der Waals surface area contributed by atoms with Crippen molar-refractivity contribution in [1.82, 2.24) is 57.8 Å². The van der Waals surface area contributed by atoms with E-state index in [1.54, 1.807) is 30.3 Å². The Morgan fingerprint density at radius 3 is 1.72 bits per heavy atom. The first-order chi connectivity index (χ1) is 36.4. The molecule has 0 radical (unpaired) electrons. The van der Waals surface area contributed by atoms with E-state index in [0.717, 1.165) is 32.1 Å². The molecule has 2 aromatic rings. The minimum Gasteiger partial charge on any atom is -0.393 e. The van der Waals surface area contributed by atoms with Crippen LogP contribution in [0.3, 0.4) is 0 Å². The molecule has 0 unspecified atom stereocenters. The van der Waals surface area contributed by atoms with Gasteiger partial charge in [0.05, 0.1) is 18.9 Å².